The van der Waals surface area contributed by atoms with Crippen LogP contribution in [-0.2, 0) is 9.59 Å². The molecule has 0 aliphatic rings. The maximum atomic E-state index is 10.3. The van der Waals surface area contributed by atoms with Crippen LogP contribution in [0.15, 0.2) is 4.99 Å². The number of carboxylic acids is 1. The molecule has 0 radical (unpaired) electrons. The second-order valence-corrected chi connectivity index (χ2v) is 2.60. The van der Waals surface area contributed by atoms with E-state index >= 15 is 0 Å². The van der Waals surface area contributed by atoms with Gasteiger partial charge in [0.2, 0.25) is 6.08 Å². The topological polar surface area (TPSA) is 66.7 Å². The fourth-order valence-electron chi connectivity index (χ4n) is 0.298. The Bertz CT molecular complexity index is 179. The van der Waals surface area contributed by atoms with Crippen molar-refractivity contribution in [2.24, 2.45) is 10.4 Å². The molecule has 1 N–H and O–H groups in total. The number of hydrogen-bond acceptors (Lipinski definition) is 3. The fraction of sp³-hybridized carbons (Fsp3) is 0.667. The molecule has 0 rings (SSSR count). The summed E-state index contributed by atoms with van der Waals surface area (Å²) in [5, 5.41) is 8.48. The van der Waals surface area contributed by atoms with Gasteiger partial charge in [-0.15, -0.1) is 0 Å². The van der Waals surface area contributed by atoms with Crippen LogP contribution in [0.5, 0.6) is 0 Å². The van der Waals surface area contributed by atoms with Gasteiger partial charge in [-0.25, -0.2) is 9.79 Å². The third-order valence-corrected chi connectivity index (χ3v) is 1.12. The van der Waals surface area contributed by atoms with Crippen molar-refractivity contribution in [1.82, 2.24) is 0 Å². The summed E-state index contributed by atoms with van der Waals surface area (Å²) in [6.45, 7) is 2.97. The predicted octanol–water partition coefficient (Wildman–Crippen LogP) is 0.433. The molecule has 0 fully saturated rings. The van der Waals surface area contributed by atoms with Crippen LogP contribution in [-0.4, -0.2) is 23.7 Å². The molecule has 0 aliphatic carbocycles. The Morgan fingerprint density at radius 2 is 2.20 bits per heavy atom. The standard InChI is InChI=1S/C6H9NO3/c1-6(2,5(9)10)3-7-4-8/h3H2,1-2H3,(H,9,10). The lowest BCUT2D eigenvalue weighted by atomic mass is 9.94. The Hall–Kier alpha value is -1.15. The molecule has 0 saturated heterocycles. The summed E-state index contributed by atoms with van der Waals surface area (Å²) in [4.78, 5) is 23.1. The van der Waals surface area contributed by atoms with Gasteiger partial charge in [-0.3, -0.25) is 4.79 Å². The van der Waals surface area contributed by atoms with Crippen LogP contribution in [0.25, 0.3) is 0 Å². The van der Waals surface area contributed by atoms with E-state index in [9.17, 15) is 9.59 Å². The van der Waals surface area contributed by atoms with Crippen molar-refractivity contribution in [2.45, 2.75) is 13.8 Å². The first-order valence-electron chi connectivity index (χ1n) is 2.78. The summed E-state index contributed by atoms with van der Waals surface area (Å²) >= 11 is 0. The first-order chi connectivity index (χ1) is 4.50. The number of carbonyl (C=O) groups is 1. The van der Waals surface area contributed by atoms with Crippen LogP contribution in [0.2, 0.25) is 0 Å². The van der Waals surface area contributed by atoms with E-state index < -0.39 is 11.4 Å². The van der Waals surface area contributed by atoms with Crippen molar-refractivity contribution in [3.8, 4) is 0 Å². The summed E-state index contributed by atoms with van der Waals surface area (Å²) in [7, 11) is 0. The van der Waals surface area contributed by atoms with Gasteiger partial charge in [-0.2, -0.15) is 0 Å². The van der Waals surface area contributed by atoms with E-state index in [4.69, 9.17) is 5.11 Å². The average Bonchev–Trinajstić information content (AvgIpc) is 1.84. The molecule has 0 aromatic rings. The molecule has 0 atom stereocenters. The molecule has 4 nitrogen and oxygen atoms in total. The Balaban J connectivity index is 4.12. The molecule has 0 saturated carbocycles. The molecular weight excluding hydrogens is 134 g/mol. The van der Waals surface area contributed by atoms with Gasteiger partial charge < -0.3 is 5.11 Å². The van der Waals surface area contributed by atoms with Crippen molar-refractivity contribution in [3.63, 3.8) is 0 Å². The summed E-state index contributed by atoms with van der Waals surface area (Å²) in [5.41, 5.74) is -0.961. The third-order valence-electron chi connectivity index (χ3n) is 1.12. The predicted molar refractivity (Wildman–Crippen MR) is 34.4 cm³/mol. The first kappa shape index (κ1) is 8.85. The molecular formula is C6H9NO3. The number of carbonyl (C=O) groups excluding carboxylic acids is 1. The molecule has 0 aliphatic heterocycles. The van der Waals surface area contributed by atoms with Gasteiger partial charge in [-0.05, 0) is 13.8 Å². The minimum atomic E-state index is -0.966. The van der Waals surface area contributed by atoms with Crippen molar-refractivity contribution >= 4 is 12.0 Å². The van der Waals surface area contributed by atoms with Crippen molar-refractivity contribution in [2.75, 3.05) is 6.54 Å². The van der Waals surface area contributed by atoms with Crippen molar-refractivity contribution < 1.29 is 14.7 Å². The monoisotopic (exact) mass is 143 g/mol. The Labute approximate surface area is 58.6 Å². The normalized spacial score (nSPS) is 10.2. The van der Waals surface area contributed by atoms with Gasteiger partial charge in [0.05, 0.1) is 12.0 Å². The second-order valence-electron chi connectivity index (χ2n) is 2.60. The molecule has 0 aromatic carbocycles. The highest BCUT2D eigenvalue weighted by Gasteiger charge is 2.26. The lowest BCUT2D eigenvalue weighted by Crippen LogP contribution is -2.26. The molecule has 10 heavy (non-hydrogen) atoms. The molecule has 0 aromatic heterocycles. The van der Waals surface area contributed by atoms with Crippen molar-refractivity contribution in [1.29, 1.82) is 0 Å². The van der Waals surface area contributed by atoms with Crippen LogP contribution in [0.3, 0.4) is 0 Å². The zero-order valence-electron chi connectivity index (χ0n) is 5.92. The van der Waals surface area contributed by atoms with Crippen molar-refractivity contribution in [3.05, 3.63) is 0 Å². The summed E-state index contributed by atoms with van der Waals surface area (Å²) in [6.07, 6.45) is 1.29. The number of aliphatic carboxylic acids is 1. The van der Waals surface area contributed by atoms with E-state index in [0.29, 0.717) is 0 Å². The summed E-state index contributed by atoms with van der Waals surface area (Å²) in [5.74, 6) is -0.966. The van der Waals surface area contributed by atoms with Crippen LogP contribution < -0.4 is 0 Å². The Kier molecular flexibility index (Phi) is 2.77. The highest BCUT2D eigenvalue weighted by molar-refractivity contribution is 5.74. The van der Waals surface area contributed by atoms with Gasteiger partial charge in [-0.1, -0.05) is 0 Å². The molecule has 0 heterocycles. The van der Waals surface area contributed by atoms with E-state index in [0.717, 1.165) is 0 Å². The number of carboxylic acid groups (broad SMARTS) is 1. The Morgan fingerprint density at radius 3 is 2.50 bits per heavy atom. The van der Waals surface area contributed by atoms with Crippen LogP contribution in [0.1, 0.15) is 13.8 Å². The zero-order valence-corrected chi connectivity index (χ0v) is 5.92. The number of nitrogens with zero attached hydrogens (tertiary/aromatic N) is 1. The largest absolute Gasteiger partial charge is 0.481 e. The molecule has 56 valence electrons. The molecule has 0 bridgehead atoms. The fourth-order valence-corrected chi connectivity index (χ4v) is 0.298. The maximum absolute atomic E-state index is 10.3. The van der Waals surface area contributed by atoms with Gasteiger partial charge in [0.15, 0.2) is 0 Å². The second kappa shape index (κ2) is 3.13. The van der Waals surface area contributed by atoms with Gasteiger partial charge in [0.25, 0.3) is 0 Å². The van der Waals surface area contributed by atoms with Gasteiger partial charge >= 0.3 is 5.97 Å². The third kappa shape index (κ3) is 2.42. The molecule has 0 amide bonds. The summed E-state index contributed by atoms with van der Waals surface area (Å²) < 4.78 is 0. The first-order valence-corrected chi connectivity index (χ1v) is 2.78. The Morgan fingerprint density at radius 1 is 1.70 bits per heavy atom. The lowest BCUT2D eigenvalue weighted by Gasteiger charge is -2.13. The average molecular weight is 143 g/mol. The number of aliphatic imine (C=N–C) groups is 1. The van der Waals surface area contributed by atoms with E-state index in [-0.39, 0.29) is 6.54 Å². The summed E-state index contributed by atoms with van der Waals surface area (Å²) in [6, 6.07) is 0. The number of rotatable bonds is 3. The SMILES string of the molecule is CC(C)(CN=C=O)C(=O)O. The highest BCUT2D eigenvalue weighted by Crippen LogP contribution is 2.14. The number of isocyanates is 1. The van der Waals surface area contributed by atoms with E-state index in [1.165, 1.54) is 19.9 Å². The smallest absolute Gasteiger partial charge is 0.310 e. The van der Waals surface area contributed by atoms with E-state index in [2.05, 4.69) is 4.99 Å². The van der Waals surface area contributed by atoms with Crippen LogP contribution in [0, 0.1) is 5.41 Å². The number of hydrogen-bond donors (Lipinski definition) is 1. The van der Waals surface area contributed by atoms with Crippen LogP contribution >= 0.6 is 0 Å². The minimum absolute atomic E-state index is 0.0220. The van der Waals surface area contributed by atoms with Crippen LogP contribution in [0.4, 0.5) is 0 Å². The maximum Gasteiger partial charge on any atom is 0.310 e. The van der Waals surface area contributed by atoms with E-state index in [1.54, 1.807) is 0 Å². The highest BCUT2D eigenvalue weighted by atomic mass is 16.4. The molecule has 0 unspecified atom stereocenters. The minimum Gasteiger partial charge on any atom is -0.481 e. The lowest BCUT2D eigenvalue weighted by molar-refractivity contribution is -0.146. The molecule has 4 heteroatoms. The van der Waals surface area contributed by atoms with Gasteiger partial charge in [0, 0.05) is 0 Å². The molecule has 0 spiro atoms. The zero-order chi connectivity index (χ0) is 8.20. The van der Waals surface area contributed by atoms with Gasteiger partial charge in [0.1, 0.15) is 0 Å². The quantitative estimate of drug-likeness (QED) is 0.460. The van der Waals surface area contributed by atoms with E-state index in [1.807, 2.05) is 0 Å².